The fourth-order valence-corrected chi connectivity index (χ4v) is 4.17. The summed E-state index contributed by atoms with van der Waals surface area (Å²) in [6, 6.07) is 0.443. The van der Waals surface area contributed by atoms with E-state index in [1.165, 1.54) is 7.11 Å². The second kappa shape index (κ2) is 13.3. The average Bonchev–Trinajstić information content (AvgIpc) is 2.55. The Morgan fingerprint density at radius 3 is 2.58 bits per heavy atom. The number of alkyl halides is 1. The quantitative estimate of drug-likeness (QED) is 0.368. The van der Waals surface area contributed by atoms with Gasteiger partial charge in [0, 0.05) is 31.7 Å². The Bertz CT molecular complexity index is 354. The Labute approximate surface area is 150 Å². The average molecular weight is 373 g/mol. The molecule has 1 rings (SSSR count). The van der Waals surface area contributed by atoms with Gasteiger partial charge in [0.2, 0.25) is 1.43 Å². The molecule has 0 radical (unpaired) electrons. The van der Waals surface area contributed by atoms with E-state index in [4.69, 9.17) is 16.8 Å². The van der Waals surface area contributed by atoms with Crippen LogP contribution in [-0.2, 0) is 14.0 Å². The fourth-order valence-electron chi connectivity index (χ4n) is 2.38. The van der Waals surface area contributed by atoms with Crippen molar-refractivity contribution in [3.8, 4) is 0 Å². The first-order chi connectivity index (χ1) is 12.2. The lowest BCUT2D eigenvalue weighted by Gasteiger charge is -2.40. The van der Waals surface area contributed by atoms with Gasteiger partial charge in [0.05, 0.1) is 14.6 Å². The molecule has 0 amide bonds. The smallest absolute Gasteiger partial charge is 0.210 e. The predicted molar refractivity (Wildman–Crippen MR) is 96.6 cm³/mol. The Morgan fingerprint density at radius 2 is 2.08 bits per heavy atom. The molecule has 0 spiro atoms. The van der Waals surface area contributed by atoms with Crippen LogP contribution >= 0.6 is 8.45 Å². The summed E-state index contributed by atoms with van der Waals surface area (Å²) >= 11 is 0. The van der Waals surface area contributed by atoms with Crippen molar-refractivity contribution < 1.29 is 24.9 Å². The van der Waals surface area contributed by atoms with Crippen LogP contribution in [0, 0.1) is 5.92 Å². The van der Waals surface area contributed by atoms with Crippen molar-refractivity contribution in [1.29, 1.82) is 1.43 Å². The molecule has 0 saturated carbocycles. The van der Waals surface area contributed by atoms with Crippen LogP contribution < -0.4 is 5.09 Å². The van der Waals surface area contributed by atoms with Crippen molar-refractivity contribution in [3.63, 3.8) is 0 Å². The van der Waals surface area contributed by atoms with Gasteiger partial charge in [0.15, 0.2) is 8.45 Å². The summed E-state index contributed by atoms with van der Waals surface area (Å²) in [4.78, 5) is 0. The van der Waals surface area contributed by atoms with Crippen LogP contribution in [0.25, 0.3) is 0 Å². The van der Waals surface area contributed by atoms with E-state index in [0.29, 0.717) is 13.3 Å². The topological polar surface area (TPSA) is 63.2 Å². The van der Waals surface area contributed by atoms with Crippen molar-refractivity contribution in [2.45, 2.75) is 65.9 Å². The van der Waals surface area contributed by atoms with Crippen molar-refractivity contribution >= 4 is 8.45 Å². The minimum atomic E-state index is -1.29. The number of aliphatic hydroxyl groups excluding tert-OH is 1. The standard InChI is InChI=1S/C15H32FN2O3P.CH4O/c1-7-19-10-17-22(18(11(2)3)12(4)5)21-14-9-20-8-13(6)15(14)16;1-2/h11-15,17H,7-10H2,1-6H3;2H,1H3/t13-,14-,15+,22?;/m1./s1/i9D;2T/t9-,13-,14-,15+,22?;. The third kappa shape index (κ3) is 8.00. The summed E-state index contributed by atoms with van der Waals surface area (Å²) in [6.45, 7) is 12.2. The van der Waals surface area contributed by atoms with Crippen LogP contribution in [0.2, 0.25) is 0 Å². The van der Waals surface area contributed by atoms with Gasteiger partial charge in [-0.25, -0.2) is 14.1 Å². The summed E-state index contributed by atoms with van der Waals surface area (Å²) in [7, 11) is 0.000252. The summed E-state index contributed by atoms with van der Waals surface area (Å²) in [5, 5.41) is 6.73. The molecule has 0 aliphatic carbocycles. The lowest BCUT2D eigenvalue weighted by atomic mass is 10.0. The summed E-state index contributed by atoms with van der Waals surface area (Å²) in [6.07, 6.45) is -2.09. The van der Waals surface area contributed by atoms with Crippen molar-refractivity contribution in [1.82, 2.24) is 9.76 Å². The highest BCUT2D eigenvalue weighted by atomic mass is 31.2. The van der Waals surface area contributed by atoms with E-state index in [-0.39, 0.29) is 24.6 Å². The number of nitrogens with zero attached hydrogens (tertiary/aromatic N) is 1. The van der Waals surface area contributed by atoms with Crippen LogP contribution in [0.1, 0.15) is 42.9 Å². The molecule has 8 heteroatoms. The summed E-state index contributed by atoms with van der Waals surface area (Å²) in [5.74, 6) is -0.267. The van der Waals surface area contributed by atoms with E-state index in [1.54, 1.807) is 6.92 Å². The normalized spacial score (nSPS) is 30.0. The first-order valence-corrected chi connectivity index (χ1v) is 9.65. The summed E-state index contributed by atoms with van der Waals surface area (Å²) in [5.41, 5.74) is 0. The van der Waals surface area contributed by atoms with E-state index in [0.717, 1.165) is 0 Å². The third-order valence-corrected chi connectivity index (χ3v) is 5.63. The Morgan fingerprint density at radius 1 is 1.50 bits per heavy atom. The number of ether oxygens (including phenoxy) is 2. The Hall–Kier alpha value is 0.120. The second-order valence-corrected chi connectivity index (χ2v) is 7.63. The fraction of sp³-hybridized carbons (Fsp3) is 1.00. The number of halogens is 1. The van der Waals surface area contributed by atoms with Crippen LogP contribution in [0.15, 0.2) is 0 Å². The molecule has 1 unspecified atom stereocenters. The molecule has 0 bridgehead atoms. The SMILES string of the molecule is [2H][C@H]1OC[C@@H](C)[C@H](F)[C@@H]1OP(NCOCC)N(C(C)C)C(C)C.[3H]OC. The van der Waals surface area contributed by atoms with Crippen molar-refractivity contribution in [3.05, 3.63) is 0 Å². The van der Waals surface area contributed by atoms with Crippen LogP contribution in [-0.4, -0.2) is 69.2 Å². The van der Waals surface area contributed by atoms with Gasteiger partial charge >= 0.3 is 0 Å². The molecule has 24 heavy (non-hydrogen) atoms. The minimum absolute atomic E-state index is 0.222. The third-order valence-electron chi connectivity index (χ3n) is 3.44. The zero-order valence-electron chi connectivity index (χ0n) is 18.0. The molecular weight excluding hydrogens is 334 g/mol. The van der Waals surface area contributed by atoms with Gasteiger partial charge in [-0.2, -0.15) is 0 Å². The Kier molecular flexibility index (Phi) is 11.4. The molecule has 1 aliphatic rings. The minimum Gasteiger partial charge on any atom is -0.400 e. The molecule has 1 saturated heterocycles. The number of hydrogen-bond donors (Lipinski definition) is 2. The van der Waals surface area contributed by atoms with Crippen molar-refractivity contribution in [2.24, 2.45) is 5.92 Å². The molecule has 2 N–H and O–H groups in total. The van der Waals surface area contributed by atoms with Gasteiger partial charge in [0.25, 0.3) is 0 Å². The molecule has 1 heterocycles. The molecule has 1 fully saturated rings. The number of rotatable bonds is 9. The zero-order chi connectivity index (χ0) is 20.3. The largest absolute Gasteiger partial charge is 0.400 e. The van der Waals surface area contributed by atoms with Gasteiger partial charge in [-0.1, -0.05) is 6.92 Å². The zero-order valence-corrected chi connectivity index (χ0v) is 16.9. The van der Waals surface area contributed by atoms with Gasteiger partial charge in [-0.05, 0) is 34.6 Å². The lowest BCUT2D eigenvalue weighted by Crippen LogP contribution is -2.44. The molecule has 5 atom stereocenters. The van der Waals surface area contributed by atoms with E-state index in [2.05, 4.69) is 42.6 Å². The molecule has 146 valence electrons. The summed E-state index contributed by atoms with van der Waals surface area (Å²) < 4.78 is 47.1. The predicted octanol–water partition coefficient (Wildman–Crippen LogP) is 2.91. The maximum Gasteiger partial charge on any atom is 0.210 e. The molecule has 1 aliphatic heterocycles. The maximum absolute atomic E-state index is 14.5. The highest BCUT2D eigenvalue weighted by Gasteiger charge is 2.36. The number of nitrogens with one attached hydrogen (secondary N) is 1. The van der Waals surface area contributed by atoms with Crippen LogP contribution in [0.3, 0.4) is 0 Å². The molecule has 6 nitrogen and oxygen atoms in total. The molecule has 0 aromatic rings. The van der Waals surface area contributed by atoms with E-state index < -0.39 is 27.3 Å². The van der Waals surface area contributed by atoms with Crippen molar-refractivity contribution in [2.75, 3.05) is 33.6 Å². The van der Waals surface area contributed by atoms with Gasteiger partial charge in [-0.15, -0.1) is 0 Å². The van der Waals surface area contributed by atoms with Gasteiger partial charge in [0.1, 0.15) is 19.0 Å². The molecule has 0 aromatic heterocycles. The highest BCUT2D eigenvalue weighted by Crippen LogP contribution is 2.43. The molecule has 0 aromatic carbocycles. The monoisotopic (exact) mass is 373 g/mol. The Balaban J connectivity index is 0.00000194. The second-order valence-electron chi connectivity index (χ2n) is 6.10. The van der Waals surface area contributed by atoms with Gasteiger partial charge in [-0.3, -0.25) is 0 Å². The van der Waals surface area contributed by atoms with Crippen LogP contribution in [0.4, 0.5) is 4.39 Å². The van der Waals surface area contributed by atoms with E-state index in [1.807, 2.05) is 6.92 Å². The number of aliphatic hydroxyl groups is 1. The first-order valence-electron chi connectivity index (χ1n) is 9.43. The maximum atomic E-state index is 14.5. The molecular formula is C16H36FN2O4P. The first kappa shape index (κ1) is 20.4. The van der Waals surface area contributed by atoms with E-state index in [9.17, 15) is 4.39 Å². The lowest BCUT2D eigenvalue weighted by molar-refractivity contribution is -0.0733. The highest BCUT2D eigenvalue weighted by molar-refractivity contribution is 7.47. The van der Waals surface area contributed by atoms with Crippen LogP contribution in [0.5, 0.6) is 0 Å². The van der Waals surface area contributed by atoms with E-state index >= 15 is 0 Å². The number of hydrogen-bond acceptors (Lipinski definition) is 6. The van der Waals surface area contributed by atoms with Gasteiger partial charge < -0.3 is 19.1 Å².